The predicted octanol–water partition coefficient (Wildman–Crippen LogP) is 1.61. The average molecular weight is 322 g/mol. The fourth-order valence-electron chi connectivity index (χ4n) is 1.96. The summed E-state index contributed by atoms with van der Waals surface area (Å²) in [4.78, 5) is 10.7. The minimum absolute atomic E-state index is 0.169. The van der Waals surface area contributed by atoms with Crippen LogP contribution in [0.15, 0.2) is 41.3 Å². The first-order valence-electron chi connectivity index (χ1n) is 6.31. The average Bonchev–Trinajstić information content (AvgIpc) is 2.42. The van der Waals surface area contributed by atoms with Gasteiger partial charge < -0.3 is 9.90 Å². The third-order valence-electron chi connectivity index (χ3n) is 3.15. The molecule has 0 radical (unpaired) electrons. The van der Waals surface area contributed by atoms with Crippen molar-refractivity contribution in [2.45, 2.75) is 18.7 Å². The van der Waals surface area contributed by atoms with Crippen LogP contribution in [0.4, 0.5) is 10.1 Å². The van der Waals surface area contributed by atoms with Crippen LogP contribution in [0.25, 0.3) is 0 Å². The SMILES string of the molecule is Cc1cc(F)ccc1NS(=O)(=O)c1cc(C(=O)[O-])ccc1C. The summed E-state index contributed by atoms with van der Waals surface area (Å²) in [5, 5.41) is 10.9. The molecule has 1 N–H and O–H groups in total. The normalized spacial score (nSPS) is 11.2. The van der Waals surface area contributed by atoms with Gasteiger partial charge in [-0.1, -0.05) is 12.1 Å². The van der Waals surface area contributed by atoms with Gasteiger partial charge in [-0.25, -0.2) is 12.8 Å². The molecule has 0 aliphatic heterocycles. The van der Waals surface area contributed by atoms with Gasteiger partial charge in [0.05, 0.1) is 16.6 Å². The van der Waals surface area contributed by atoms with Gasteiger partial charge >= 0.3 is 0 Å². The van der Waals surface area contributed by atoms with Crippen LogP contribution in [0.3, 0.4) is 0 Å². The van der Waals surface area contributed by atoms with Crippen molar-refractivity contribution in [3.63, 3.8) is 0 Å². The number of hydrogen-bond acceptors (Lipinski definition) is 4. The zero-order valence-corrected chi connectivity index (χ0v) is 12.7. The first-order valence-corrected chi connectivity index (χ1v) is 7.80. The fourth-order valence-corrected chi connectivity index (χ4v) is 3.36. The van der Waals surface area contributed by atoms with Gasteiger partial charge in [-0.15, -0.1) is 0 Å². The number of carbonyl (C=O) groups excluding carboxylic acids is 1. The third kappa shape index (κ3) is 3.25. The summed E-state index contributed by atoms with van der Waals surface area (Å²) in [7, 11) is -4.00. The van der Waals surface area contributed by atoms with Gasteiger partial charge in [-0.3, -0.25) is 4.72 Å². The second-order valence-corrected chi connectivity index (χ2v) is 6.48. The molecule has 0 saturated heterocycles. The molecule has 2 aromatic rings. The zero-order valence-electron chi connectivity index (χ0n) is 11.9. The second-order valence-electron chi connectivity index (χ2n) is 4.83. The standard InChI is InChI=1S/C15H14FNO4S/c1-9-3-4-11(15(18)19)8-14(9)22(20,21)17-13-6-5-12(16)7-10(13)2/h3-8,17H,1-2H3,(H,18,19)/p-1. The van der Waals surface area contributed by atoms with Crippen molar-refractivity contribution in [1.82, 2.24) is 0 Å². The first-order chi connectivity index (χ1) is 10.2. The lowest BCUT2D eigenvalue weighted by Gasteiger charge is -2.14. The van der Waals surface area contributed by atoms with Crippen molar-refractivity contribution in [1.29, 1.82) is 0 Å². The highest BCUT2D eigenvalue weighted by Crippen LogP contribution is 2.23. The van der Waals surface area contributed by atoms with Gasteiger partial charge in [0, 0.05) is 0 Å². The van der Waals surface area contributed by atoms with E-state index in [9.17, 15) is 22.7 Å². The molecule has 0 atom stereocenters. The highest BCUT2D eigenvalue weighted by Gasteiger charge is 2.18. The van der Waals surface area contributed by atoms with Gasteiger partial charge in [0.1, 0.15) is 5.82 Å². The summed E-state index contributed by atoms with van der Waals surface area (Å²) >= 11 is 0. The number of aromatic carboxylic acids is 1. The number of sulfonamides is 1. The van der Waals surface area contributed by atoms with Crippen LogP contribution in [0.5, 0.6) is 0 Å². The van der Waals surface area contributed by atoms with Crippen LogP contribution >= 0.6 is 0 Å². The van der Waals surface area contributed by atoms with Gasteiger partial charge in [-0.2, -0.15) is 0 Å². The Balaban J connectivity index is 2.46. The Morgan fingerprint density at radius 1 is 1.09 bits per heavy atom. The number of carbonyl (C=O) groups is 1. The van der Waals surface area contributed by atoms with Crippen molar-refractivity contribution >= 4 is 21.7 Å². The summed E-state index contributed by atoms with van der Waals surface area (Å²) in [5.41, 5.74) is 0.788. The van der Waals surface area contributed by atoms with Crippen molar-refractivity contribution in [3.05, 3.63) is 58.9 Å². The van der Waals surface area contributed by atoms with Crippen molar-refractivity contribution in [2.24, 2.45) is 0 Å². The minimum Gasteiger partial charge on any atom is -0.545 e. The molecule has 0 aliphatic carbocycles. The van der Waals surface area contributed by atoms with Crippen LogP contribution < -0.4 is 9.83 Å². The highest BCUT2D eigenvalue weighted by molar-refractivity contribution is 7.92. The quantitative estimate of drug-likeness (QED) is 0.926. The topological polar surface area (TPSA) is 86.3 Å². The second kappa shape index (κ2) is 5.76. The molecule has 7 heteroatoms. The lowest BCUT2D eigenvalue weighted by molar-refractivity contribution is -0.255. The van der Waals surface area contributed by atoms with E-state index in [4.69, 9.17) is 0 Å². The molecule has 22 heavy (non-hydrogen) atoms. The number of carboxylic acid groups (broad SMARTS) is 1. The lowest BCUT2D eigenvalue weighted by Crippen LogP contribution is -2.23. The predicted molar refractivity (Wildman–Crippen MR) is 77.5 cm³/mol. The number of anilines is 1. The Bertz CT molecular complexity index is 847. The molecule has 0 aliphatic rings. The number of hydrogen-bond donors (Lipinski definition) is 1. The van der Waals surface area contributed by atoms with Crippen molar-refractivity contribution in [2.75, 3.05) is 4.72 Å². The van der Waals surface area contributed by atoms with Crippen LogP contribution in [0.2, 0.25) is 0 Å². The monoisotopic (exact) mass is 322 g/mol. The number of aryl methyl sites for hydroxylation is 2. The summed E-state index contributed by atoms with van der Waals surface area (Å²) < 4.78 is 40.2. The maximum Gasteiger partial charge on any atom is 0.262 e. The highest BCUT2D eigenvalue weighted by atomic mass is 32.2. The molecule has 0 heterocycles. The van der Waals surface area contributed by atoms with Gasteiger partial charge in [-0.05, 0) is 54.8 Å². The summed E-state index contributed by atoms with van der Waals surface area (Å²) in [6.07, 6.45) is 0. The van der Waals surface area contributed by atoms with E-state index in [1.807, 2.05) is 0 Å². The van der Waals surface area contributed by atoms with E-state index in [2.05, 4.69) is 4.72 Å². The first kappa shape index (κ1) is 16.0. The zero-order chi connectivity index (χ0) is 16.5. The van der Waals surface area contributed by atoms with Crippen molar-refractivity contribution in [3.8, 4) is 0 Å². The van der Waals surface area contributed by atoms with E-state index in [1.54, 1.807) is 13.8 Å². The Kier molecular flexibility index (Phi) is 4.18. The third-order valence-corrected chi connectivity index (χ3v) is 4.65. The molecule has 116 valence electrons. The molecule has 0 bridgehead atoms. The number of carboxylic acids is 1. The molecule has 0 aromatic heterocycles. The number of benzene rings is 2. The fraction of sp³-hybridized carbons (Fsp3) is 0.133. The molecule has 0 fully saturated rings. The number of rotatable bonds is 4. The van der Waals surface area contributed by atoms with Gasteiger partial charge in [0.15, 0.2) is 0 Å². The maximum absolute atomic E-state index is 13.1. The largest absolute Gasteiger partial charge is 0.545 e. The van der Waals surface area contributed by atoms with Gasteiger partial charge in [0.25, 0.3) is 10.0 Å². The van der Waals surface area contributed by atoms with E-state index in [0.29, 0.717) is 11.1 Å². The van der Waals surface area contributed by atoms with E-state index in [1.165, 1.54) is 24.3 Å². The lowest BCUT2D eigenvalue weighted by atomic mass is 10.1. The molecule has 2 aromatic carbocycles. The molecule has 5 nitrogen and oxygen atoms in total. The summed E-state index contributed by atoms with van der Waals surface area (Å²) in [6.45, 7) is 3.11. The Labute approximate surface area is 127 Å². The number of nitrogens with one attached hydrogen (secondary N) is 1. The summed E-state index contributed by atoms with van der Waals surface area (Å²) in [6, 6.07) is 7.33. The van der Waals surface area contributed by atoms with Crippen LogP contribution in [0, 0.1) is 19.7 Å². The molecule has 0 spiro atoms. The van der Waals surface area contributed by atoms with Crippen LogP contribution in [-0.4, -0.2) is 14.4 Å². The molecular weight excluding hydrogens is 309 g/mol. The van der Waals surface area contributed by atoms with E-state index < -0.39 is 21.8 Å². The molecule has 0 unspecified atom stereocenters. The van der Waals surface area contributed by atoms with Gasteiger partial charge in [0.2, 0.25) is 0 Å². The minimum atomic E-state index is -4.00. The van der Waals surface area contributed by atoms with Crippen LogP contribution in [-0.2, 0) is 10.0 Å². The van der Waals surface area contributed by atoms with Crippen molar-refractivity contribution < 1.29 is 22.7 Å². The molecule has 0 amide bonds. The Morgan fingerprint density at radius 2 is 1.77 bits per heavy atom. The van der Waals surface area contributed by atoms with E-state index in [-0.39, 0.29) is 16.1 Å². The summed E-state index contributed by atoms with van der Waals surface area (Å²) in [5.74, 6) is -1.94. The molecule has 0 saturated carbocycles. The molecular formula is C15H13FNO4S-. The molecule has 2 rings (SSSR count). The number of halogens is 1. The van der Waals surface area contributed by atoms with E-state index in [0.717, 1.165) is 12.1 Å². The van der Waals surface area contributed by atoms with Crippen LogP contribution in [0.1, 0.15) is 21.5 Å². The Hall–Kier alpha value is -2.41. The maximum atomic E-state index is 13.1. The van der Waals surface area contributed by atoms with E-state index >= 15 is 0 Å². The smallest absolute Gasteiger partial charge is 0.262 e. The Morgan fingerprint density at radius 3 is 2.36 bits per heavy atom.